The van der Waals surface area contributed by atoms with Crippen molar-refractivity contribution in [3.63, 3.8) is 0 Å². The lowest BCUT2D eigenvalue weighted by molar-refractivity contribution is 0.0919. The van der Waals surface area contributed by atoms with Crippen molar-refractivity contribution in [2.24, 2.45) is 5.92 Å². The number of carbonyl (C=O) groups is 1. The fourth-order valence-corrected chi connectivity index (χ4v) is 2.54. The van der Waals surface area contributed by atoms with E-state index >= 15 is 0 Å². The van der Waals surface area contributed by atoms with Crippen LogP contribution in [0.2, 0.25) is 0 Å². The molecule has 3 N–H and O–H groups in total. The summed E-state index contributed by atoms with van der Waals surface area (Å²) in [5.74, 6) is 0.306. The Hall–Kier alpha value is -1.55. The van der Waals surface area contributed by atoms with E-state index in [2.05, 4.69) is 10.6 Å². The van der Waals surface area contributed by atoms with E-state index in [1.807, 2.05) is 13.8 Å². The monoisotopic (exact) mass is 262 g/mol. The van der Waals surface area contributed by atoms with Crippen LogP contribution in [0.3, 0.4) is 0 Å². The van der Waals surface area contributed by atoms with Crippen LogP contribution in [-0.2, 0) is 0 Å². The van der Waals surface area contributed by atoms with Crippen LogP contribution in [-0.4, -0.2) is 30.1 Å². The number of rotatable bonds is 3. The summed E-state index contributed by atoms with van der Waals surface area (Å²) in [5, 5.41) is 16.1. The van der Waals surface area contributed by atoms with Gasteiger partial charge in [-0.3, -0.25) is 4.79 Å². The van der Waals surface area contributed by atoms with Crippen LogP contribution >= 0.6 is 0 Å². The summed E-state index contributed by atoms with van der Waals surface area (Å²) in [6, 6.07) is 5.19. The molecule has 0 saturated carbocycles. The number of hydrogen-bond donors (Lipinski definition) is 3. The predicted molar refractivity (Wildman–Crippen MR) is 75.4 cm³/mol. The summed E-state index contributed by atoms with van der Waals surface area (Å²) in [7, 11) is 0. The van der Waals surface area contributed by atoms with Crippen molar-refractivity contribution < 1.29 is 9.90 Å². The number of aryl methyl sites for hydroxylation is 1. The van der Waals surface area contributed by atoms with Crippen LogP contribution in [0.25, 0.3) is 0 Å². The molecule has 1 aliphatic heterocycles. The first-order chi connectivity index (χ1) is 9.08. The maximum Gasteiger partial charge on any atom is 0.255 e. The van der Waals surface area contributed by atoms with Gasteiger partial charge in [-0.05, 0) is 57.8 Å². The number of nitrogens with one attached hydrogen (secondary N) is 2. The Morgan fingerprint density at radius 3 is 3.00 bits per heavy atom. The number of piperidine rings is 1. The van der Waals surface area contributed by atoms with Crippen molar-refractivity contribution in [1.82, 2.24) is 10.6 Å². The van der Waals surface area contributed by atoms with Gasteiger partial charge in [-0.2, -0.15) is 0 Å². The molecule has 104 valence electrons. The Balaban J connectivity index is 2.01. The van der Waals surface area contributed by atoms with E-state index in [1.54, 1.807) is 18.2 Å². The van der Waals surface area contributed by atoms with Gasteiger partial charge in [0.15, 0.2) is 0 Å². The molecule has 0 radical (unpaired) electrons. The smallest absolute Gasteiger partial charge is 0.255 e. The van der Waals surface area contributed by atoms with E-state index in [4.69, 9.17) is 0 Å². The number of amides is 1. The molecule has 2 atom stereocenters. The van der Waals surface area contributed by atoms with E-state index < -0.39 is 0 Å². The van der Waals surface area contributed by atoms with Gasteiger partial charge in [-0.25, -0.2) is 0 Å². The summed E-state index contributed by atoms with van der Waals surface area (Å²) in [5.41, 5.74) is 1.32. The number of aromatic hydroxyl groups is 1. The average molecular weight is 262 g/mol. The van der Waals surface area contributed by atoms with Crippen LogP contribution < -0.4 is 10.6 Å². The molecule has 2 unspecified atom stereocenters. The maximum absolute atomic E-state index is 12.2. The summed E-state index contributed by atoms with van der Waals surface area (Å²) in [6.07, 6.45) is 2.29. The quantitative estimate of drug-likeness (QED) is 0.778. The molecule has 1 aromatic rings. The molecule has 4 heteroatoms. The van der Waals surface area contributed by atoms with Crippen molar-refractivity contribution in [2.75, 3.05) is 13.1 Å². The molecular formula is C15H22N2O2. The zero-order valence-corrected chi connectivity index (χ0v) is 11.6. The van der Waals surface area contributed by atoms with Crippen LogP contribution in [0, 0.1) is 12.8 Å². The molecule has 1 aliphatic rings. The second kappa shape index (κ2) is 6.06. The van der Waals surface area contributed by atoms with E-state index in [0.717, 1.165) is 31.5 Å². The average Bonchev–Trinajstić information content (AvgIpc) is 2.42. The standard InChI is InChI=1S/C15H22N2O2/c1-10-5-6-14(18)13(8-10)15(19)17-11(2)12-4-3-7-16-9-12/h5-6,8,11-12,16,18H,3-4,7,9H2,1-2H3,(H,17,19). The van der Waals surface area contributed by atoms with Gasteiger partial charge in [0.25, 0.3) is 5.91 Å². The molecule has 19 heavy (non-hydrogen) atoms. The number of hydrogen-bond acceptors (Lipinski definition) is 3. The first kappa shape index (κ1) is 13.9. The third-order valence-corrected chi connectivity index (χ3v) is 3.80. The number of phenols is 1. The van der Waals surface area contributed by atoms with E-state index in [0.29, 0.717) is 11.5 Å². The number of carbonyl (C=O) groups excluding carboxylic acids is 1. The molecule has 2 rings (SSSR count). The topological polar surface area (TPSA) is 61.4 Å². The molecule has 0 aliphatic carbocycles. The van der Waals surface area contributed by atoms with E-state index in [1.165, 1.54) is 0 Å². The molecule has 1 aromatic carbocycles. The van der Waals surface area contributed by atoms with Crippen LogP contribution in [0.1, 0.15) is 35.7 Å². The van der Waals surface area contributed by atoms with Crippen molar-refractivity contribution >= 4 is 5.91 Å². The molecule has 1 amide bonds. The minimum Gasteiger partial charge on any atom is -0.507 e. The Bertz CT molecular complexity index is 453. The Kier molecular flexibility index (Phi) is 4.43. The Labute approximate surface area is 114 Å². The predicted octanol–water partition coefficient (Wildman–Crippen LogP) is 1.82. The van der Waals surface area contributed by atoms with Gasteiger partial charge in [-0.15, -0.1) is 0 Å². The first-order valence-electron chi connectivity index (χ1n) is 6.89. The van der Waals surface area contributed by atoms with Crippen LogP contribution in [0.5, 0.6) is 5.75 Å². The number of phenolic OH excluding ortho intramolecular Hbond substituents is 1. The Morgan fingerprint density at radius 1 is 1.53 bits per heavy atom. The van der Waals surface area contributed by atoms with E-state index in [-0.39, 0.29) is 17.7 Å². The molecule has 4 nitrogen and oxygen atoms in total. The molecule has 1 heterocycles. The lowest BCUT2D eigenvalue weighted by Crippen LogP contribution is -2.44. The van der Waals surface area contributed by atoms with Gasteiger partial charge in [0.1, 0.15) is 5.75 Å². The van der Waals surface area contributed by atoms with Crippen molar-refractivity contribution in [3.05, 3.63) is 29.3 Å². The second-order valence-electron chi connectivity index (χ2n) is 5.39. The summed E-state index contributed by atoms with van der Waals surface area (Å²) in [6.45, 7) is 5.95. The van der Waals surface area contributed by atoms with Crippen molar-refractivity contribution in [1.29, 1.82) is 0 Å². The highest BCUT2D eigenvalue weighted by Crippen LogP contribution is 2.19. The Morgan fingerprint density at radius 2 is 2.32 bits per heavy atom. The van der Waals surface area contributed by atoms with E-state index in [9.17, 15) is 9.90 Å². The molecule has 1 saturated heterocycles. The first-order valence-corrected chi connectivity index (χ1v) is 6.89. The fourth-order valence-electron chi connectivity index (χ4n) is 2.54. The molecule has 1 fully saturated rings. The van der Waals surface area contributed by atoms with Crippen LogP contribution in [0.4, 0.5) is 0 Å². The third-order valence-electron chi connectivity index (χ3n) is 3.80. The van der Waals surface area contributed by atoms with Gasteiger partial charge in [-0.1, -0.05) is 11.6 Å². The van der Waals surface area contributed by atoms with Gasteiger partial charge >= 0.3 is 0 Å². The minimum atomic E-state index is -0.195. The minimum absolute atomic E-state index is 0.0390. The molecular weight excluding hydrogens is 240 g/mol. The lowest BCUT2D eigenvalue weighted by atomic mass is 9.92. The zero-order valence-electron chi connectivity index (χ0n) is 11.6. The normalized spacial score (nSPS) is 20.8. The van der Waals surface area contributed by atoms with Gasteiger partial charge in [0.2, 0.25) is 0 Å². The summed E-state index contributed by atoms with van der Waals surface area (Å²) < 4.78 is 0. The lowest BCUT2D eigenvalue weighted by Gasteiger charge is -2.29. The number of benzene rings is 1. The largest absolute Gasteiger partial charge is 0.507 e. The molecule has 0 spiro atoms. The molecule has 0 bridgehead atoms. The fraction of sp³-hybridized carbons (Fsp3) is 0.533. The van der Waals surface area contributed by atoms with Crippen LogP contribution in [0.15, 0.2) is 18.2 Å². The molecule has 0 aromatic heterocycles. The second-order valence-corrected chi connectivity index (χ2v) is 5.39. The maximum atomic E-state index is 12.2. The highest BCUT2D eigenvalue weighted by atomic mass is 16.3. The third kappa shape index (κ3) is 3.47. The summed E-state index contributed by atoms with van der Waals surface area (Å²) >= 11 is 0. The summed E-state index contributed by atoms with van der Waals surface area (Å²) in [4.78, 5) is 12.2. The highest BCUT2D eigenvalue weighted by Gasteiger charge is 2.22. The van der Waals surface area contributed by atoms with Gasteiger partial charge in [0, 0.05) is 6.04 Å². The highest BCUT2D eigenvalue weighted by molar-refractivity contribution is 5.97. The van der Waals surface area contributed by atoms with Crippen molar-refractivity contribution in [3.8, 4) is 5.75 Å². The van der Waals surface area contributed by atoms with Gasteiger partial charge < -0.3 is 15.7 Å². The SMILES string of the molecule is Cc1ccc(O)c(C(=O)NC(C)C2CCCNC2)c1. The van der Waals surface area contributed by atoms with Crippen molar-refractivity contribution in [2.45, 2.75) is 32.7 Å². The van der Waals surface area contributed by atoms with Gasteiger partial charge in [0.05, 0.1) is 5.56 Å². The zero-order chi connectivity index (χ0) is 13.8.